The normalized spacial score (nSPS) is 25.2. The first-order valence-corrected chi connectivity index (χ1v) is 22.2. The molecule has 1 saturated carbocycles. The van der Waals surface area contributed by atoms with Gasteiger partial charge in [0.1, 0.15) is 23.5 Å². The molecule has 3 amide bonds. The van der Waals surface area contributed by atoms with Gasteiger partial charge >= 0.3 is 11.9 Å². The van der Waals surface area contributed by atoms with Crippen molar-refractivity contribution in [2.75, 3.05) is 56.1 Å². The molecule has 1 aliphatic carbocycles. The summed E-state index contributed by atoms with van der Waals surface area (Å²) < 4.78 is 83.7. The monoisotopic (exact) mass is 918 g/mol. The Balaban J connectivity index is 0.759. The number of nitrogens with one attached hydrogen (secondary N) is 2. The van der Waals surface area contributed by atoms with Crippen molar-refractivity contribution in [1.82, 2.24) is 48.6 Å². The van der Waals surface area contributed by atoms with Gasteiger partial charge in [0.05, 0.1) is 59.8 Å². The molecule has 5 aromatic rings. The van der Waals surface area contributed by atoms with Crippen LogP contribution in [0.2, 0.25) is 0 Å². The lowest BCUT2D eigenvalue weighted by Crippen LogP contribution is -2.59. The Hall–Kier alpha value is -6.18. The molecule has 22 heteroatoms. The minimum Gasteiger partial charge on any atom is -0.374 e. The number of alkyl halides is 5. The summed E-state index contributed by atoms with van der Waals surface area (Å²) in [7, 11) is 1.54. The fraction of sp³-hybridized carbons (Fsp3) is 0.523. The maximum atomic E-state index is 14.6. The van der Waals surface area contributed by atoms with Gasteiger partial charge in [0, 0.05) is 58.6 Å². The molecule has 5 aliphatic rings. The van der Waals surface area contributed by atoms with Gasteiger partial charge < -0.3 is 15.0 Å². The van der Waals surface area contributed by atoms with E-state index in [0.29, 0.717) is 74.3 Å². The Morgan fingerprint density at radius 3 is 2.59 bits per heavy atom. The number of fused-ring (bicyclic) bond motifs is 4. The second-order valence-corrected chi connectivity index (χ2v) is 17.9. The Bertz CT molecular complexity index is 2830. The first kappa shape index (κ1) is 43.7. The van der Waals surface area contributed by atoms with Crippen LogP contribution < -0.4 is 21.2 Å². The average Bonchev–Trinajstić information content (AvgIpc) is 4.14. The summed E-state index contributed by atoms with van der Waals surface area (Å²) in [5.74, 6) is 5.00. The lowest BCUT2D eigenvalue weighted by molar-refractivity contribution is -0.195. The second kappa shape index (κ2) is 17.2. The highest BCUT2D eigenvalue weighted by Gasteiger charge is 2.46. The minimum atomic E-state index is -4.52. The molecular weight excluding hydrogens is 872 g/mol. The highest BCUT2D eigenvalue weighted by atomic mass is 19.4. The third kappa shape index (κ3) is 8.21. The smallest absolute Gasteiger partial charge is 0.374 e. The number of carbonyl (C=O) groups excluding carboxylic acids is 3. The van der Waals surface area contributed by atoms with Gasteiger partial charge in [0.25, 0.3) is 12.3 Å². The third-order valence-electron chi connectivity index (χ3n) is 13.8. The fourth-order valence-corrected chi connectivity index (χ4v) is 10.4. The third-order valence-corrected chi connectivity index (χ3v) is 13.8. The number of ether oxygens (including phenoxy) is 1. The highest BCUT2D eigenvalue weighted by molar-refractivity contribution is 6.08. The molecule has 4 aromatic heterocycles. The van der Waals surface area contributed by atoms with Gasteiger partial charge in [-0.25, -0.2) is 23.1 Å². The van der Waals surface area contributed by atoms with Crippen LogP contribution >= 0.6 is 0 Å². The summed E-state index contributed by atoms with van der Waals surface area (Å²) >= 11 is 0. The molecule has 0 spiro atoms. The number of imide groups is 1. The number of para-hydroxylation sites is 1. The number of piperazine rings is 1. The molecule has 10 rings (SSSR count). The number of imidazole rings is 1. The quantitative estimate of drug-likeness (QED) is 0.124. The molecule has 5 fully saturated rings. The number of benzene rings is 1. The summed E-state index contributed by atoms with van der Waals surface area (Å²) in [4.78, 5) is 61.2. The van der Waals surface area contributed by atoms with Gasteiger partial charge in [-0.05, 0) is 62.6 Å². The molecule has 4 saturated heterocycles. The van der Waals surface area contributed by atoms with Crippen molar-refractivity contribution < 1.29 is 41.1 Å². The number of hydrogen-bond acceptors (Lipinski definition) is 11. The maximum Gasteiger partial charge on any atom is 0.405 e. The van der Waals surface area contributed by atoms with E-state index >= 15 is 0 Å². The number of amides is 3. The van der Waals surface area contributed by atoms with Crippen molar-refractivity contribution in [2.45, 2.75) is 87.8 Å². The van der Waals surface area contributed by atoms with Crippen molar-refractivity contribution in [3.05, 3.63) is 70.2 Å². The Kier molecular flexibility index (Phi) is 11.4. The number of morpholine rings is 1. The van der Waals surface area contributed by atoms with Crippen molar-refractivity contribution in [3.8, 4) is 11.8 Å². The Morgan fingerprint density at radius 2 is 1.86 bits per heavy atom. The van der Waals surface area contributed by atoms with Crippen LogP contribution in [-0.2, 0) is 21.4 Å². The summed E-state index contributed by atoms with van der Waals surface area (Å²) in [6.07, 6.45) is 0.719. The van der Waals surface area contributed by atoms with Gasteiger partial charge in [-0.3, -0.25) is 43.3 Å². The van der Waals surface area contributed by atoms with Gasteiger partial charge in [-0.15, -0.1) is 0 Å². The number of anilines is 2. The van der Waals surface area contributed by atoms with E-state index in [-0.39, 0.29) is 73.5 Å². The van der Waals surface area contributed by atoms with Crippen LogP contribution in [0.1, 0.15) is 85.1 Å². The molecule has 17 nitrogen and oxygen atoms in total. The number of piperidine rings is 1. The topological polar surface area (TPSA) is 169 Å². The molecule has 66 heavy (non-hydrogen) atoms. The lowest BCUT2D eigenvalue weighted by atomic mass is 9.85. The van der Waals surface area contributed by atoms with Gasteiger partial charge in [0.15, 0.2) is 11.3 Å². The van der Waals surface area contributed by atoms with E-state index in [4.69, 9.17) is 9.72 Å². The summed E-state index contributed by atoms with van der Waals surface area (Å²) in [5.41, 5.74) is 0.557. The average molecular weight is 919 g/mol. The van der Waals surface area contributed by atoms with Crippen LogP contribution in [0, 0.1) is 17.8 Å². The Labute approximate surface area is 373 Å². The zero-order valence-corrected chi connectivity index (χ0v) is 35.9. The number of hydrogen-bond donors (Lipinski definition) is 2. The molecule has 0 radical (unpaired) electrons. The zero-order valence-electron chi connectivity index (χ0n) is 35.9. The van der Waals surface area contributed by atoms with E-state index in [1.54, 1.807) is 24.4 Å². The number of halogens is 5. The van der Waals surface area contributed by atoms with Gasteiger partial charge in [0.2, 0.25) is 11.8 Å². The molecule has 8 heterocycles. The van der Waals surface area contributed by atoms with E-state index in [1.807, 2.05) is 11.0 Å². The summed E-state index contributed by atoms with van der Waals surface area (Å²) in [6.45, 7) is 1.86. The SMILES string of the molecule is Cn1c(=O)n(C2CCC(=O)NC2=O)c2cccc(C#CCN3CCN(CC4CCC(n5cc(NC(=O)c6cnn7ccc(N8C[C@H]9C[C@@H]8CO9)nc67)c(C(F)F)n5)CC4)CC3C(F)(F)F)c21. The standard InChI is InChI=1S/C44H47F5N12O5/c1-55-38-26(4-2-6-32(38)61(43(55)65)33-11-12-36(62)53-42(33)64)5-3-14-57-17-16-56(23-34(57)44(47,48)49)20-25-7-9-27(10-8-25)60-22-31(37(54-60)39(45)46)51-41(63)30-19-50-59-15-13-35(52-40(30)59)58-21-29-18-28(58)24-66-29/h2,4,6,13,15,19,22,25,27-29,33-34,39H,7-12,14,16-18,20-21,23-24H2,1H3,(H,51,63)(H,53,62,64)/t25?,27?,28-,29-,33?,34?/m1/s1. The largest absolute Gasteiger partial charge is 0.405 e. The van der Waals surface area contributed by atoms with Gasteiger partial charge in [-0.1, -0.05) is 17.9 Å². The van der Waals surface area contributed by atoms with Crippen molar-refractivity contribution in [1.29, 1.82) is 0 Å². The van der Waals surface area contributed by atoms with Crippen molar-refractivity contribution in [3.63, 3.8) is 0 Å². The number of aromatic nitrogens is 7. The molecule has 1 aromatic carbocycles. The van der Waals surface area contributed by atoms with Crippen molar-refractivity contribution in [2.24, 2.45) is 13.0 Å². The predicted molar refractivity (Wildman–Crippen MR) is 228 cm³/mol. The van der Waals surface area contributed by atoms with E-state index in [9.17, 15) is 41.1 Å². The second-order valence-electron chi connectivity index (χ2n) is 17.9. The number of aryl methyl sites for hydroxylation is 1. The zero-order chi connectivity index (χ0) is 46.0. The molecule has 2 bridgehead atoms. The molecule has 2 unspecified atom stereocenters. The van der Waals surface area contributed by atoms with Crippen LogP contribution in [-0.4, -0.2) is 131 Å². The van der Waals surface area contributed by atoms with Crippen LogP contribution in [0.3, 0.4) is 0 Å². The molecule has 2 N–H and O–H groups in total. The molecule has 4 atom stereocenters. The Morgan fingerprint density at radius 1 is 1.05 bits per heavy atom. The van der Waals surface area contributed by atoms with E-state index in [2.05, 4.69) is 37.6 Å². The van der Waals surface area contributed by atoms with E-state index in [1.165, 1.54) is 42.7 Å². The molecule has 348 valence electrons. The first-order valence-electron chi connectivity index (χ1n) is 22.2. The predicted octanol–water partition coefficient (Wildman–Crippen LogP) is 4.06. The van der Waals surface area contributed by atoms with Crippen molar-refractivity contribution >= 4 is 45.9 Å². The van der Waals surface area contributed by atoms with Crippen LogP contribution in [0.25, 0.3) is 16.7 Å². The van der Waals surface area contributed by atoms with Gasteiger partial charge in [-0.2, -0.15) is 23.4 Å². The lowest BCUT2D eigenvalue weighted by Gasteiger charge is -2.43. The minimum absolute atomic E-state index is 0.0830. The molecule has 4 aliphatic heterocycles. The highest BCUT2D eigenvalue weighted by Crippen LogP contribution is 2.37. The van der Waals surface area contributed by atoms with Crippen LogP contribution in [0.4, 0.5) is 33.5 Å². The van der Waals surface area contributed by atoms with E-state index in [0.717, 1.165) is 6.42 Å². The molecular formula is C44H47F5N12O5. The van der Waals surface area contributed by atoms with Crippen LogP contribution in [0.15, 0.2) is 47.7 Å². The summed E-state index contributed by atoms with van der Waals surface area (Å²) in [5, 5.41) is 13.3. The fourth-order valence-electron chi connectivity index (χ4n) is 10.4. The summed E-state index contributed by atoms with van der Waals surface area (Å²) in [6, 6.07) is 4.13. The number of nitrogens with zero attached hydrogens (tertiary/aromatic N) is 10. The number of rotatable bonds is 9. The number of carbonyl (C=O) groups is 3. The first-order chi connectivity index (χ1) is 31.7. The van der Waals surface area contributed by atoms with Crippen LogP contribution in [0.5, 0.6) is 0 Å². The maximum absolute atomic E-state index is 14.6. The van der Waals surface area contributed by atoms with E-state index < -0.39 is 53.8 Å².